The van der Waals surface area contributed by atoms with Crippen molar-refractivity contribution in [1.82, 2.24) is 4.90 Å². The van der Waals surface area contributed by atoms with Crippen LogP contribution in [0.15, 0.2) is 61.3 Å². The second-order valence-corrected chi connectivity index (χ2v) is 3.47. The summed E-state index contributed by atoms with van der Waals surface area (Å²) < 4.78 is 0. The van der Waals surface area contributed by atoms with Gasteiger partial charge in [-0.3, -0.25) is 4.79 Å². The second kappa shape index (κ2) is 4.13. The Labute approximate surface area is 89.6 Å². The number of carbonyl (C=O) groups excluding carboxylic acids is 1. The SMILES string of the molecule is C=CC(=O)N(C1C=CC=C1)C1C=CC=C1. The van der Waals surface area contributed by atoms with E-state index in [0.29, 0.717) is 0 Å². The van der Waals surface area contributed by atoms with Gasteiger partial charge in [0.05, 0.1) is 12.1 Å². The molecule has 1 amide bonds. The van der Waals surface area contributed by atoms with Gasteiger partial charge in [-0.15, -0.1) is 0 Å². The fourth-order valence-corrected chi connectivity index (χ4v) is 1.81. The van der Waals surface area contributed by atoms with Gasteiger partial charge in [-0.2, -0.15) is 0 Å². The molecule has 2 aliphatic rings. The second-order valence-electron chi connectivity index (χ2n) is 3.47. The first-order valence-corrected chi connectivity index (χ1v) is 4.97. The van der Waals surface area contributed by atoms with Gasteiger partial charge >= 0.3 is 0 Å². The van der Waals surface area contributed by atoms with Gasteiger partial charge in [-0.25, -0.2) is 0 Å². The van der Waals surface area contributed by atoms with Gasteiger partial charge in [0, 0.05) is 0 Å². The fraction of sp³-hybridized carbons (Fsp3) is 0.154. The van der Waals surface area contributed by atoms with E-state index in [4.69, 9.17) is 0 Å². The van der Waals surface area contributed by atoms with E-state index in [-0.39, 0.29) is 18.0 Å². The maximum atomic E-state index is 11.8. The molecule has 0 saturated heterocycles. The molecule has 2 rings (SSSR count). The predicted octanol–water partition coefficient (Wildman–Crippen LogP) is 1.99. The molecule has 0 saturated carbocycles. The largest absolute Gasteiger partial charge is 0.319 e. The first-order chi connectivity index (χ1) is 7.33. The monoisotopic (exact) mass is 199 g/mol. The summed E-state index contributed by atoms with van der Waals surface area (Å²) >= 11 is 0. The highest BCUT2D eigenvalue weighted by Gasteiger charge is 2.25. The number of hydrogen-bond donors (Lipinski definition) is 0. The van der Waals surface area contributed by atoms with E-state index in [2.05, 4.69) is 6.58 Å². The summed E-state index contributed by atoms with van der Waals surface area (Å²) in [6.45, 7) is 3.54. The highest BCUT2D eigenvalue weighted by Crippen LogP contribution is 2.18. The van der Waals surface area contributed by atoms with Crippen LogP contribution in [0, 0.1) is 0 Å². The van der Waals surface area contributed by atoms with E-state index in [1.54, 1.807) is 4.90 Å². The zero-order valence-electron chi connectivity index (χ0n) is 8.41. The van der Waals surface area contributed by atoms with Crippen molar-refractivity contribution in [2.45, 2.75) is 12.1 Å². The molecule has 15 heavy (non-hydrogen) atoms. The van der Waals surface area contributed by atoms with E-state index in [9.17, 15) is 4.79 Å². The molecule has 76 valence electrons. The molecule has 0 aromatic rings. The quantitative estimate of drug-likeness (QED) is 0.636. The lowest BCUT2D eigenvalue weighted by atomic mass is 10.2. The minimum absolute atomic E-state index is 0.0441. The first kappa shape index (κ1) is 9.71. The third-order valence-corrected chi connectivity index (χ3v) is 2.53. The Balaban J connectivity index is 2.22. The number of hydrogen-bond acceptors (Lipinski definition) is 1. The molecule has 0 atom stereocenters. The normalized spacial score (nSPS) is 18.9. The van der Waals surface area contributed by atoms with Crippen molar-refractivity contribution in [2.24, 2.45) is 0 Å². The van der Waals surface area contributed by atoms with E-state index in [0.717, 1.165) is 0 Å². The van der Waals surface area contributed by atoms with Crippen LogP contribution in [0.2, 0.25) is 0 Å². The summed E-state index contributed by atoms with van der Waals surface area (Å²) in [6.07, 6.45) is 17.2. The number of rotatable bonds is 3. The Morgan fingerprint density at radius 2 is 1.40 bits per heavy atom. The molecule has 0 spiro atoms. The minimum Gasteiger partial charge on any atom is -0.319 e. The van der Waals surface area contributed by atoms with Gasteiger partial charge in [-0.1, -0.05) is 55.2 Å². The van der Waals surface area contributed by atoms with Crippen LogP contribution in [-0.4, -0.2) is 22.9 Å². The molecule has 0 N–H and O–H groups in total. The van der Waals surface area contributed by atoms with E-state index in [1.165, 1.54) is 6.08 Å². The van der Waals surface area contributed by atoms with Crippen molar-refractivity contribution < 1.29 is 4.79 Å². The van der Waals surface area contributed by atoms with Gasteiger partial charge in [0.25, 0.3) is 0 Å². The number of allylic oxidation sites excluding steroid dienone is 4. The summed E-state index contributed by atoms with van der Waals surface area (Å²) in [4.78, 5) is 13.6. The van der Waals surface area contributed by atoms with Crippen LogP contribution in [0.4, 0.5) is 0 Å². The van der Waals surface area contributed by atoms with E-state index >= 15 is 0 Å². The average Bonchev–Trinajstić information content (AvgIpc) is 2.90. The van der Waals surface area contributed by atoms with Crippen LogP contribution in [0.3, 0.4) is 0 Å². The van der Waals surface area contributed by atoms with Gasteiger partial charge in [0.2, 0.25) is 5.91 Å². The summed E-state index contributed by atoms with van der Waals surface area (Å²) in [6, 6.07) is 0.0980. The molecule has 0 aliphatic heterocycles. The zero-order chi connectivity index (χ0) is 10.7. The summed E-state index contributed by atoms with van der Waals surface area (Å²) in [5.74, 6) is -0.0441. The van der Waals surface area contributed by atoms with Crippen LogP contribution >= 0.6 is 0 Å². The highest BCUT2D eigenvalue weighted by atomic mass is 16.2. The van der Waals surface area contributed by atoms with Crippen LogP contribution in [-0.2, 0) is 4.79 Å². The van der Waals surface area contributed by atoms with Crippen molar-refractivity contribution in [2.75, 3.05) is 0 Å². The molecule has 0 aromatic carbocycles. The Kier molecular flexibility index (Phi) is 2.68. The van der Waals surface area contributed by atoms with Crippen molar-refractivity contribution >= 4 is 5.91 Å². The van der Waals surface area contributed by atoms with E-state index < -0.39 is 0 Å². The smallest absolute Gasteiger partial charge is 0.247 e. The van der Waals surface area contributed by atoms with Crippen LogP contribution < -0.4 is 0 Å². The maximum absolute atomic E-state index is 11.8. The summed E-state index contributed by atoms with van der Waals surface area (Å²) in [5.41, 5.74) is 0. The third-order valence-electron chi connectivity index (χ3n) is 2.53. The molecule has 0 fully saturated rings. The Morgan fingerprint density at radius 1 is 1.00 bits per heavy atom. The van der Waals surface area contributed by atoms with E-state index in [1.807, 2.05) is 48.6 Å². The van der Waals surface area contributed by atoms with Crippen molar-refractivity contribution in [3.63, 3.8) is 0 Å². The molecule has 0 aromatic heterocycles. The van der Waals surface area contributed by atoms with Crippen LogP contribution in [0.5, 0.6) is 0 Å². The molecule has 2 nitrogen and oxygen atoms in total. The van der Waals surface area contributed by atoms with Crippen LogP contribution in [0.1, 0.15) is 0 Å². The fourth-order valence-electron chi connectivity index (χ4n) is 1.81. The Bertz CT molecular complexity index is 335. The third kappa shape index (κ3) is 1.84. The molecular weight excluding hydrogens is 186 g/mol. The standard InChI is InChI=1S/C13H13NO/c1-2-13(15)14(11-7-3-4-8-11)12-9-5-6-10-12/h2-12H,1H2. The number of carbonyl (C=O) groups is 1. The van der Waals surface area contributed by atoms with Gasteiger partial charge in [0.15, 0.2) is 0 Å². The summed E-state index contributed by atoms with van der Waals surface area (Å²) in [7, 11) is 0. The number of amides is 1. The average molecular weight is 199 g/mol. The van der Waals surface area contributed by atoms with Gasteiger partial charge < -0.3 is 4.90 Å². The first-order valence-electron chi connectivity index (χ1n) is 4.97. The lowest BCUT2D eigenvalue weighted by Crippen LogP contribution is -2.42. The Hall–Kier alpha value is -1.83. The molecule has 0 heterocycles. The molecule has 2 aliphatic carbocycles. The molecule has 0 radical (unpaired) electrons. The van der Waals surface area contributed by atoms with Crippen molar-refractivity contribution in [1.29, 1.82) is 0 Å². The van der Waals surface area contributed by atoms with Crippen molar-refractivity contribution in [3.8, 4) is 0 Å². The minimum atomic E-state index is -0.0441. The lowest BCUT2D eigenvalue weighted by Gasteiger charge is -2.29. The molecular formula is C13H13NO. The molecule has 0 unspecified atom stereocenters. The maximum Gasteiger partial charge on any atom is 0.247 e. The zero-order valence-corrected chi connectivity index (χ0v) is 8.41. The predicted molar refractivity (Wildman–Crippen MR) is 61.2 cm³/mol. The van der Waals surface area contributed by atoms with Gasteiger partial charge in [0.1, 0.15) is 0 Å². The topological polar surface area (TPSA) is 20.3 Å². The number of nitrogens with zero attached hydrogens (tertiary/aromatic N) is 1. The van der Waals surface area contributed by atoms with Gasteiger partial charge in [-0.05, 0) is 6.08 Å². The Morgan fingerprint density at radius 3 is 1.73 bits per heavy atom. The van der Waals surface area contributed by atoms with Crippen molar-refractivity contribution in [3.05, 3.63) is 61.3 Å². The molecule has 0 bridgehead atoms. The highest BCUT2D eigenvalue weighted by molar-refractivity contribution is 5.88. The van der Waals surface area contributed by atoms with Crippen LogP contribution in [0.25, 0.3) is 0 Å². The lowest BCUT2D eigenvalue weighted by molar-refractivity contribution is -0.127. The molecule has 2 heteroatoms. The summed E-state index contributed by atoms with van der Waals surface area (Å²) in [5, 5.41) is 0.